The zero-order valence-electron chi connectivity index (χ0n) is 23.4. The number of aryl methyl sites for hydroxylation is 1. The van der Waals surface area contributed by atoms with Gasteiger partial charge < -0.3 is 14.6 Å². The van der Waals surface area contributed by atoms with Crippen LogP contribution in [0.3, 0.4) is 0 Å². The maximum absolute atomic E-state index is 13.7. The van der Waals surface area contributed by atoms with Gasteiger partial charge in [0.05, 0.1) is 18.6 Å². The minimum atomic E-state index is -1.43. The number of esters is 1. The lowest BCUT2D eigenvalue weighted by Crippen LogP contribution is -2.24. The van der Waals surface area contributed by atoms with Gasteiger partial charge in [-0.05, 0) is 58.6 Å². The fraction of sp³-hybridized carbons (Fsp3) is 0.250. The van der Waals surface area contributed by atoms with Gasteiger partial charge in [0.15, 0.2) is 11.4 Å². The molecular formula is C32H33NO5SSi. The van der Waals surface area contributed by atoms with E-state index in [-0.39, 0.29) is 17.0 Å². The summed E-state index contributed by atoms with van der Waals surface area (Å²) in [7, 11) is 0.151. The number of thiazole rings is 1. The van der Waals surface area contributed by atoms with Gasteiger partial charge in [-0.15, -0.1) is 11.3 Å². The van der Waals surface area contributed by atoms with Crippen molar-refractivity contribution in [1.29, 1.82) is 0 Å². The van der Waals surface area contributed by atoms with Crippen LogP contribution >= 0.6 is 11.3 Å². The van der Waals surface area contributed by atoms with Crippen LogP contribution in [0.4, 0.5) is 0 Å². The molecule has 0 spiro atoms. The molecular weight excluding hydrogens is 539 g/mol. The third-order valence-corrected chi connectivity index (χ3v) is 9.95. The summed E-state index contributed by atoms with van der Waals surface area (Å²) < 4.78 is 13.1. The predicted octanol–water partition coefficient (Wildman–Crippen LogP) is 7.29. The predicted molar refractivity (Wildman–Crippen MR) is 165 cm³/mol. The van der Waals surface area contributed by atoms with Gasteiger partial charge in [0.2, 0.25) is 0 Å². The van der Waals surface area contributed by atoms with Crippen molar-refractivity contribution >= 4 is 41.0 Å². The molecule has 0 saturated carbocycles. The lowest BCUT2D eigenvalue weighted by atomic mass is 9.98. The summed E-state index contributed by atoms with van der Waals surface area (Å²) in [4.78, 5) is 28.4. The topological polar surface area (TPSA) is 77.2 Å². The minimum absolute atomic E-state index is 0.163. The van der Waals surface area contributed by atoms with Crippen LogP contribution in [0.5, 0.6) is 11.5 Å². The molecule has 0 saturated heterocycles. The van der Waals surface area contributed by atoms with Gasteiger partial charge in [0, 0.05) is 26.1 Å². The molecule has 2 aromatic heterocycles. The number of carbonyl (C=O) groups is 1. The molecule has 0 aliphatic heterocycles. The molecule has 0 aliphatic carbocycles. The number of hydrogen-bond donors (Lipinski definition) is 1. The quantitative estimate of drug-likeness (QED) is 0.156. The van der Waals surface area contributed by atoms with Gasteiger partial charge in [-0.2, -0.15) is 0 Å². The molecule has 40 heavy (non-hydrogen) atoms. The smallest absolute Gasteiger partial charge is 0.356 e. The van der Waals surface area contributed by atoms with Crippen LogP contribution in [0.1, 0.15) is 27.2 Å². The number of benzene rings is 3. The Morgan fingerprint density at radius 1 is 1.00 bits per heavy atom. The van der Waals surface area contributed by atoms with E-state index in [9.17, 15) is 14.7 Å². The number of methoxy groups -OCH3 is 1. The van der Waals surface area contributed by atoms with E-state index >= 15 is 0 Å². The first kappa shape index (κ1) is 27.7. The lowest BCUT2D eigenvalue weighted by Gasteiger charge is -2.15. The highest BCUT2D eigenvalue weighted by molar-refractivity contribution is 7.21. The largest absolute Gasteiger partial charge is 0.508 e. The monoisotopic (exact) mass is 571 g/mol. The van der Waals surface area contributed by atoms with Crippen LogP contribution in [0, 0.1) is 6.92 Å². The summed E-state index contributed by atoms with van der Waals surface area (Å²) in [6.07, 6.45) is 0.498. The number of phenolic OH excluding ortho intramolecular Hbond substituents is 1. The Morgan fingerprint density at radius 3 is 2.48 bits per heavy atom. The van der Waals surface area contributed by atoms with E-state index in [1.165, 1.54) is 15.7 Å². The lowest BCUT2D eigenvalue weighted by molar-refractivity contribution is 0.0518. The van der Waals surface area contributed by atoms with Crippen LogP contribution in [0.2, 0.25) is 25.7 Å². The number of carbonyl (C=O) groups excluding carboxylic acids is 1. The third kappa shape index (κ3) is 5.42. The van der Waals surface area contributed by atoms with E-state index < -0.39 is 14.0 Å². The second kappa shape index (κ2) is 10.9. The Bertz CT molecular complexity index is 1790. The molecule has 0 unspecified atom stereocenters. The van der Waals surface area contributed by atoms with E-state index in [1.54, 1.807) is 32.2 Å². The number of aromatic hydroxyl groups is 1. The molecule has 5 rings (SSSR count). The fourth-order valence-electron chi connectivity index (χ4n) is 4.86. The highest BCUT2D eigenvalue weighted by Crippen LogP contribution is 2.40. The first-order valence-electron chi connectivity index (χ1n) is 13.3. The zero-order valence-corrected chi connectivity index (χ0v) is 25.2. The number of rotatable bonds is 8. The Morgan fingerprint density at radius 2 is 1.75 bits per heavy atom. The molecule has 0 radical (unpaired) electrons. The SMILES string of the molecule is COc1c(Cc2cccc3ccccc23)cc(=O)n2c(C(=O)OCC[Si](C)(C)C)c(-c3ccc(O)c(C)c3)sc12. The first-order valence-corrected chi connectivity index (χ1v) is 17.8. The highest BCUT2D eigenvalue weighted by Gasteiger charge is 2.27. The summed E-state index contributed by atoms with van der Waals surface area (Å²) in [6.45, 7) is 8.76. The van der Waals surface area contributed by atoms with Crippen LogP contribution in [-0.2, 0) is 11.2 Å². The van der Waals surface area contributed by atoms with Crippen LogP contribution in [0.15, 0.2) is 71.5 Å². The average Bonchev–Trinajstić information content (AvgIpc) is 3.31. The number of fused-ring (bicyclic) bond motifs is 2. The molecule has 2 heterocycles. The number of phenols is 1. The molecule has 0 aliphatic rings. The van der Waals surface area contributed by atoms with Gasteiger partial charge in [0.1, 0.15) is 10.6 Å². The van der Waals surface area contributed by atoms with Gasteiger partial charge in [-0.1, -0.05) is 62.1 Å². The van der Waals surface area contributed by atoms with Gasteiger partial charge in [0.25, 0.3) is 5.56 Å². The van der Waals surface area contributed by atoms with E-state index in [0.717, 1.165) is 33.5 Å². The summed E-state index contributed by atoms with van der Waals surface area (Å²) >= 11 is 1.32. The third-order valence-electron chi connectivity index (χ3n) is 7.05. The molecule has 206 valence electrons. The van der Waals surface area contributed by atoms with Crippen LogP contribution in [-0.4, -0.2) is 37.3 Å². The number of ether oxygens (including phenoxy) is 2. The van der Waals surface area contributed by atoms with Crippen molar-refractivity contribution in [3.63, 3.8) is 0 Å². The number of aromatic nitrogens is 1. The van der Waals surface area contributed by atoms with E-state index in [0.29, 0.717) is 34.0 Å². The van der Waals surface area contributed by atoms with Gasteiger partial charge in [-0.25, -0.2) is 4.79 Å². The van der Waals surface area contributed by atoms with Crippen molar-refractivity contribution in [2.24, 2.45) is 0 Å². The summed E-state index contributed by atoms with van der Waals surface area (Å²) in [6, 6.07) is 21.8. The molecule has 0 fully saturated rings. The molecule has 0 bridgehead atoms. The highest BCUT2D eigenvalue weighted by atomic mass is 32.1. The first-order chi connectivity index (χ1) is 19.1. The standard InChI is InChI=1S/C32H33NO5SSi/c1-20-17-23(13-14-26(20)34)30-28(32(36)38-15-16-40(3,4)5)33-27(35)19-24(29(37-2)31(33)39-30)18-22-11-8-10-21-9-6-7-12-25(21)22/h6-14,17,19,34H,15-16,18H2,1-5H3. The molecule has 0 amide bonds. The second-order valence-corrected chi connectivity index (χ2v) is 17.8. The minimum Gasteiger partial charge on any atom is -0.508 e. The fourth-order valence-corrected chi connectivity index (χ4v) is 6.87. The van der Waals surface area contributed by atoms with Crippen molar-refractivity contribution in [2.75, 3.05) is 13.7 Å². The molecule has 0 atom stereocenters. The van der Waals surface area contributed by atoms with Crippen molar-refractivity contribution in [3.8, 4) is 21.9 Å². The Kier molecular flexibility index (Phi) is 7.57. The maximum atomic E-state index is 13.7. The molecule has 6 nitrogen and oxygen atoms in total. The molecule has 8 heteroatoms. The van der Waals surface area contributed by atoms with E-state index in [4.69, 9.17) is 9.47 Å². The van der Waals surface area contributed by atoms with Crippen molar-refractivity contribution in [1.82, 2.24) is 4.40 Å². The summed E-state index contributed by atoms with van der Waals surface area (Å²) in [5.41, 5.74) is 3.08. The molecule has 1 N–H and O–H groups in total. The second-order valence-electron chi connectivity index (χ2n) is 11.2. The Balaban J connectivity index is 1.69. The van der Waals surface area contributed by atoms with Gasteiger partial charge >= 0.3 is 5.97 Å². The zero-order chi connectivity index (χ0) is 28.6. The number of nitrogens with zero attached hydrogens (tertiary/aromatic N) is 1. The van der Waals surface area contributed by atoms with Gasteiger partial charge in [-0.3, -0.25) is 9.20 Å². The van der Waals surface area contributed by atoms with Crippen LogP contribution < -0.4 is 10.3 Å². The van der Waals surface area contributed by atoms with E-state index in [2.05, 4.69) is 43.9 Å². The molecule has 3 aromatic carbocycles. The van der Waals surface area contributed by atoms with Crippen molar-refractivity contribution < 1.29 is 19.4 Å². The van der Waals surface area contributed by atoms with Crippen LogP contribution in [0.25, 0.3) is 26.0 Å². The summed E-state index contributed by atoms with van der Waals surface area (Å²) in [5.74, 6) is 0.169. The van der Waals surface area contributed by atoms with Crippen molar-refractivity contribution in [2.45, 2.75) is 39.0 Å². The van der Waals surface area contributed by atoms with E-state index in [1.807, 2.05) is 24.3 Å². The number of pyridine rings is 1. The molecule has 5 aromatic rings. The Hall–Kier alpha value is -3.88. The summed E-state index contributed by atoms with van der Waals surface area (Å²) in [5, 5.41) is 12.4. The maximum Gasteiger partial charge on any atom is 0.356 e. The average molecular weight is 572 g/mol. The van der Waals surface area contributed by atoms with Crippen molar-refractivity contribution in [3.05, 3.63) is 99.5 Å². The Labute approximate surface area is 238 Å². The number of hydrogen-bond acceptors (Lipinski definition) is 6. The normalized spacial score (nSPS) is 11.7.